The lowest BCUT2D eigenvalue weighted by molar-refractivity contribution is -0.255. The van der Waals surface area contributed by atoms with Crippen molar-refractivity contribution < 1.29 is 9.90 Å². The van der Waals surface area contributed by atoms with Gasteiger partial charge in [-0.25, -0.2) is 4.98 Å². The SMILES string of the molecule is O=C([O-])c1cccc(CSc2nc3ccccc3s2)c1. The summed E-state index contributed by atoms with van der Waals surface area (Å²) in [6.45, 7) is 0. The maximum Gasteiger partial charge on any atom is 0.151 e. The summed E-state index contributed by atoms with van der Waals surface area (Å²) < 4.78 is 2.16. The lowest BCUT2D eigenvalue weighted by Crippen LogP contribution is -2.22. The fourth-order valence-corrected chi connectivity index (χ4v) is 3.86. The van der Waals surface area contributed by atoms with Crippen molar-refractivity contribution in [2.24, 2.45) is 0 Å². The summed E-state index contributed by atoms with van der Waals surface area (Å²) in [5.41, 5.74) is 2.17. The molecule has 20 heavy (non-hydrogen) atoms. The highest BCUT2D eigenvalue weighted by molar-refractivity contribution is 8.00. The first-order valence-electron chi connectivity index (χ1n) is 6.01. The van der Waals surface area contributed by atoms with Crippen molar-refractivity contribution in [2.45, 2.75) is 10.1 Å². The molecule has 3 nitrogen and oxygen atoms in total. The Morgan fingerprint density at radius 3 is 2.85 bits per heavy atom. The zero-order chi connectivity index (χ0) is 13.9. The van der Waals surface area contributed by atoms with E-state index in [1.54, 1.807) is 41.3 Å². The number of carbonyl (C=O) groups excluding carboxylic acids is 1. The molecule has 1 aromatic heterocycles. The number of fused-ring (bicyclic) bond motifs is 1. The van der Waals surface area contributed by atoms with Crippen molar-refractivity contribution >= 4 is 39.3 Å². The Bertz CT molecular complexity index is 734. The second-order valence-corrected chi connectivity index (χ2v) is 6.48. The number of aromatic carboxylic acids is 1. The number of hydrogen-bond acceptors (Lipinski definition) is 5. The van der Waals surface area contributed by atoms with Crippen LogP contribution in [-0.4, -0.2) is 11.0 Å². The molecule has 0 radical (unpaired) electrons. The van der Waals surface area contributed by atoms with Gasteiger partial charge in [-0.1, -0.05) is 42.1 Å². The molecule has 0 N–H and O–H groups in total. The highest BCUT2D eigenvalue weighted by Gasteiger charge is 2.04. The van der Waals surface area contributed by atoms with Crippen LogP contribution in [0.4, 0.5) is 0 Å². The fourth-order valence-electron chi connectivity index (χ4n) is 1.85. The van der Waals surface area contributed by atoms with Gasteiger partial charge in [0.25, 0.3) is 0 Å². The minimum absolute atomic E-state index is 0.215. The first-order chi connectivity index (χ1) is 9.72. The summed E-state index contributed by atoms with van der Waals surface area (Å²) in [4.78, 5) is 15.4. The number of aromatic nitrogens is 1. The molecule has 2 aromatic carbocycles. The molecular weight excluding hydrogens is 290 g/mol. The smallest absolute Gasteiger partial charge is 0.151 e. The van der Waals surface area contributed by atoms with Crippen LogP contribution in [0.5, 0.6) is 0 Å². The van der Waals surface area contributed by atoms with Crippen LogP contribution in [0.25, 0.3) is 10.2 Å². The van der Waals surface area contributed by atoms with Crippen molar-refractivity contribution in [1.82, 2.24) is 4.98 Å². The number of thiazole rings is 1. The molecule has 0 amide bonds. The van der Waals surface area contributed by atoms with Gasteiger partial charge in [-0.05, 0) is 29.3 Å². The van der Waals surface area contributed by atoms with Crippen LogP contribution in [0.3, 0.4) is 0 Å². The van der Waals surface area contributed by atoms with Gasteiger partial charge in [0.1, 0.15) is 0 Å². The van der Waals surface area contributed by atoms with Crippen LogP contribution >= 0.6 is 23.1 Å². The van der Waals surface area contributed by atoms with E-state index in [4.69, 9.17) is 0 Å². The summed E-state index contributed by atoms with van der Waals surface area (Å²) in [7, 11) is 0. The number of nitrogens with zero attached hydrogens (tertiary/aromatic N) is 1. The number of carboxylic acids is 1. The van der Waals surface area contributed by atoms with Crippen LogP contribution in [0.15, 0.2) is 52.9 Å². The molecule has 0 saturated heterocycles. The van der Waals surface area contributed by atoms with Crippen molar-refractivity contribution in [1.29, 1.82) is 0 Å². The summed E-state index contributed by atoms with van der Waals surface area (Å²) in [5.74, 6) is -0.446. The average molecular weight is 300 g/mol. The molecule has 100 valence electrons. The standard InChI is InChI=1S/C15H11NO2S2/c17-14(18)11-5-3-4-10(8-11)9-19-15-16-12-6-1-2-7-13(12)20-15/h1-8H,9H2,(H,17,18)/p-1. The predicted octanol–water partition coefficient (Wildman–Crippen LogP) is 2.95. The summed E-state index contributed by atoms with van der Waals surface area (Å²) in [5, 5.41) is 10.8. The van der Waals surface area contributed by atoms with E-state index in [1.807, 2.05) is 30.3 Å². The average Bonchev–Trinajstić information content (AvgIpc) is 2.88. The molecular formula is C15H10NO2S2-. The number of benzene rings is 2. The van der Waals surface area contributed by atoms with E-state index in [2.05, 4.69) is 4.98 Å². The van der Waals surface area contributed by atoms with Gasteiger partial charge in [0.05, 0.1) is 16.2 Å². The fraction of sp³-hybridized carbons (Fsp3) is 0.0667. The molecule has 0 spiro atoms. The Hall–Kier alpha value is -1.85. The molecule has 0 fully saturated rings. The van der Waals surface area contributed by atoms with Crippen LogP contribution in [0, 0.1) is 0 Å². The largest absolute Gasteiger partial charge is 0.545 e. The van der Waals surface area contributed by atoms with Crippen molar-refractivity contribution in [2.75, 3.05) is 0 Å². The van der Waals surface area contributed by atoms with E-state index in [0.29, 0.717) is 5.75 Å². The molecule has 0 unspecified atom stereocenters. The minimum Gasteiger partial charge on any atom is -0.545 e. The van der Waals surface area contributed by atoms with Gasteiger partial charge in [-0.2, -0.15) is 0 Å². The first kappa shape index (κ1) is 13.1. The molecule has 3 rings (SSSR count). The third-order valence-corrected chi connectivity index (χ3v) is 5.05. The van der Waals surface area contributed by atoms with Crippen molar-refractivity contribution in [3.8, 4) is 0 Å². The Kier molecular flexibility index (Phi) is 3.71. The summed E-state index contributed by atoms with van der Waals surface area (Å²) in [6, 6.07) is 14.8. The number of para-hydroxylation sites is 1. The Labute approximate surface area is 124 Å². The van der Waals surface area contributed by atoms with Crippen molar-refractivity contribution in [3.05, 3.63) is 59.7 Å². The normalized spacial score (nSPS) is 10.8. The first-order valence-corrected chi connectivity index (χ1v) is 7.81. The van der Waals surface area contributed by atoms with Gasteiger partial charge in [0.15, 0.2) is 4.34 Å². The zero-order valence-electron chi connectivity index (χ0n) is 10.4. The van der Waals surface area contributed by atoms with Crippen LogP contribution in [0.1, 0.15) is 15.9 Å². The predicted molar refractivity (Wildman–Crippen MR) is 80.0 cm³/mol. The molecule has 0 atom stereocenters. The summed E-state index contributed by atoms with van der Waals surface area (Å²) >= 11 is 3.26. The molecule has 0 aliphatic carbocycles. The second-order valence-electron chi connectivity index (χ2n) is 4.22. The topological polar surface area (TPSA) is 53.0 Å². The lowest BCUT2D eigenvalue weighted by atomic mass is 10.1. The highest BCUT2D eigenvalue weighted by atomic mass is 32.2. The van der Waals surface area contributed by atoms with Gasteiger partial charge >= 0.3 is 0 Å². The van der Waals surface area contributed by atoms with Crippen molar-refractivity contribution in [3.63, 3.8) is 0 Å². The van der Waals surface area contributed by atoms with Gasteiger partial charge in [-0.15, -0.1) is 11.3 Å². The summed E-state index contributed by atoms with van der Waals surface area (Å²) in [6.07, 6.45) is 0. The van der Waals surface area contributed by atoms with E-state index in [1.165, 1.54) is 4.70 Å². The van der Waals surface area contributed by atoms with E-state index in [-0.39, 0.29) is 5.56 Å². The van der Waals surface area contributed by atoms with E-state index in [0.717, 1.165) is 15.4 Å². The second kappa shape index (κ2) is 5.64. The third kappa shape index (κ3) is 2.84. The van der Waals surface area contributed by atoms with Gasteiger partial charge in [-0.3, -0.25) is 0 Å². The minimum atomic E-state index is -1.14. The maximum atomic E-state index is 10.8. The number of thioether (sulfide) groups is 1. The molecule has 0 saturated carbocycles. The molecule has 0 aliphatic heterocycles. The number of rotatable bonds is 4. The lowest BCUT2D eigenvalue weighted by Gasteiger charge is -2.04. The molecule has 1 heterocycles. The quantitative estimate of drug-likeness (QED) is 0.695. The van der Waals surface area contributed by atoms with Crippen LogP contribution < -0.4 is 5.11 Å². The number of hydrogen-bond donors (Lipinski definition) is 0. The molecule has 3 aromatic rings. The van der Waals surface area contributed by atoms with Gasteiger partial charge < -0.3 is 9.90 Å². The van der Waals surface area contributed by atoms with Gasteiger partial charge in [0, 0.05) is 5.75 Å². The maximum absolute atomic E-state index is 10.8. The number of carboxylic acid groups (broad SMARTS) is 1. The Morgan fingerprint density at radius 1 is 1.20 bits per heavy atom. The monoisotopic (exact) mass is 300 g/mol. The van der Waals surface area contributed by atoms with E-state index >= 15 is 0 Å². The van der Waals surface area contributed by atoms with Crippen LogP contribution in [0.2, 0.25) is 0 Å². The Morgan fingerprint density at radius 2 is 2.05 bits per heavy atom. The van der Waals surface area contributed by atoms with Crippen LogP contribution in [-0.2, 0) is 5.75 Å². The zero-order valence-corrected chi connectivity index (χ0v) is 12.0. The van der Waals surface area contributed by atoms with E-state index < -0.39 is 5.97 Å². The van der Waals surface area contributed by atoms with Gasteiger partial charge in [0.2, 0.25) is 0 Å². The Balaban J connectivity index is 1.75. The molecule has 0 bridgehead atoms. The third-order valence-electron chi connectivity index (χ3n) is 2.80. The highest BCUT2D eigenvalue weighted by Crippen LogP contribution is 2.31. The molecule has 0 aliphatic rings. The number of carbonyl (C=O) groups is 1. The van der Waals surface area contributed by atoms with E-state index in [9.17, 15) is 9.90 Å². The molecule has 5 heteroatoms.